The Bertz CT molecular complexity index is 625. The zero-order chi connectivity index (χ0) is 18.1. The number of hydrogen-bond donors (Lipinski definition) is 0. The normalized spacial score (nSPS) is 27.1. The van der Waals surface area contributed by atoms with Crippen LogP contribution in [0.15, 0.2) is 18.2 Å². The molecule has 1 aromatic carbocycles. The van der Waals surface area contributed by atoms with E-state index < -0.39 is 11.6 Å². The second-order valence-corrected chi connectivity index (χ2v) is 8.45. The van der Waals surface area contributed by atoms with Crippen LogP contribution in [0.5, 0.6) is 0 Å². The third-order valence-corrected chi connectivity index (χ3v) is 6.58. The number of fused-ring (bicyclic) bond motifs is 1. The van der Waals surface area contributed by atoms with Gasteiger partial charge in [0.1, 0.15) is 11.6 Å². The van der Waals surface area contributed by atoms with E-state index in [1.807, 2.05) is 0 Å². The summed E-state index contributed by atoms with van der Waals surface area (Å²) >= 11 is 0. The molecule has 0 bridgehead atoms. The third kappa shape index (κ3) is 4.08. The average molecular weight is 362 g/mol. The molecule has 2 unspecified atom stereocenters. The first-order valence-corrected chi connectivity index (χ1v) is 10.0. The Kier molecular flexibility index (Phi) is 5.25. The van der Waals surface area contributed by atoms with Crippen molar-refractivity contribution < 1.29 is 13.6 Å². The highest BCUT2D eigenvalue weighted by molar-refractivity contribution is 5.76. The number of carbonyl (C=O) groups excluding carboxylic acids is 1. The molecule has 3 fully saturated rings. The maximum Gasteiger partial charge on any atom is 0.222 e. The highest BCUT2D eigenvalue weighted by atomic mass is 19.1. The van der Waals surface area contributed by atoms with Crippen LogP contribution in [0, 0.1) is 29.4 Å². The summed E-state index contributed by atoms with van der Waals surface area (Å²) in [5.41, 5.74) is 0.681. The summed E-state index contributed by atoms with van der Waals surface area (Å²) in [6.07, 6.45) is 6.59. The van der Waals surface area contributed by atoms with Gasteiger partial charge in [-0.15, -0.1) is 0 Å². The number of carbonyl (C=O) groups is 1. The lowest BCUT2D eigenvalue weighted by molar-refractivity contribution is -0.131. The first kappa shape index (κ1) is 17.9. The van der Waals surface area contributed by atoms with Gasteiger partial charge in [-0.25, -0.2) is 8.78 Å². The van der Waals surface area contributed by atoms with Gasteiger partial charge in [0.15, 0.2) is 0 Å². The van der Waals surface area contributed by atoms with Crippen LogP contribution in [0.3, 0.4) is 0 Å². The average Bonchev–Trinajstić information content (AvgIpc) is 3.17. The molecule has 2 saturated heterocycles. The highest BCUT2D eigenvalue weighted by Gasteiger charge is 2.38. The van der Waals surface area contributed by atoms with Gasteiger partial charge in [0, 0.05) is 32.1 Å². The maximum atomic E-state index is 13.3. The molecule has 0 radical (unpaired) electrons. The highest BCUT2D eigenvalue weighted by Crippen LogP contribution is 2.38. The van der Waals surface area contributed by atoms with Gasteiger partial charge in [-0.1, -0.05) is 6.42 Å². The molecule has 1 aliphatic carbocycles. The van der Waals surface area contributed by atoms with E-state index in [0.717, 1.165) is 56.9 Å². The Balaban J connectivity index is 1.23. The largest absolute Gasteiger partial charge is 0.342 e. The summed E-state index contributed by atoms with van der Waals surface area (Å²) in [6.45, 7) is 4.31. The number of benzene rings is 1. The molecule has 4 rings (SSSR count). The van der Waals surface area contributed by atoms with Crippen LogP contribution in [0.2, 0.25) is 0 Å². The van der Waals surface area contributed by atoms with Crippen molar-refractivity contribution in [3.8, 4) is 0 Å². The molecule has 1 saturated carbocycles. The number of halogens is 2. The van der Waals surface area contributed by atoms with Crippen molar-refractivity contribution in [2.45, 2.75) is 45.1 Å². The lowest BCUT2D eigenvalue weighted by Gasteiger charge is -2.32. The summed E-state index contributed by atoms with van der Waals surface area (Å²) in [6, 6.07) is 3.72. The van der Waals surface area contributed by atoms with Crippen molar-refractivity contribution >= 4 is 5.91 Å². The molecule has 1 amide bonds. The number of rotatable bonds is 4. The molecule has 5 heteroatoms. The fraction of sp³-hybridized carbons (Fsp3) is 0.667. The Morgan fingerprint density at radius 2 is 1.58 bits per heavy atom. The standard InChI is InChI=1S/C21H28F2N2O/c22-19-8-16(9-20(23)11-19)12-24-6-4-15(5-7-24)10-21(26)25-13-17-2-1-3-18(17)14-25/h8-9,11,15,17-18H,1-7,10,12-14H2. The molecule has 0 aromatic heterocycles. The maximum absolute atomic E-state index is 13.3. The topological polar surface area (TPSA) is 23.6 Å². The molecular weight excluding hydrogens is 334 g/mol. The van der Waals surface area contributed by atoms with Crippen molar-refractivity contribution in [3.63, 3.8) is 0 Å². The van der Waals surface area contributed by atoms with Gasteiger partial charge < -0.3 is 4.90 Å². The minimum atomic E-state index is -0.518. The van der Waals surface area contributed by atoms with Crippen LogP contribution in [0.1, 0.15) is 44.1 Å². The zero-order valence-corrected chi connectivity index (χ0v) is 15.3. The predicted octanol–water partition coefficient (Wildman–Crippen LogP) is 3.83. The molecule has 0 spiro atoms. The number of amides is 1. The lowest BCUT2D eigenvalue weighted by Crippen LogP contribution is -2.36. The second kappa shape index (κ2) is 7.63. The summed E-state index contributed by atoms with van der Waals surface area (Å²) in [5.74, 6) is 1.26. The number of nitrogens with zero attached hydrogens (tertiary/aromatic N) is 2. The number of hydrogen-bond acceptors (Lipinski definition) is 2. The van der Waals surface area contributed by atoms with E-state index >= 15 is 0 Å². The fourth-order valence-corrected chi connectivity index (χ4v) is 5.12. The summed E-state index contributed by atoms with van der Waals surface area (Å²) < 4.78 is 26.6. The lowest BCUT2D eigenvalue weighted by atomic mass is 9.92. The van der Waals surface area contributed by atoms with E-state index in [9.17, 15) is 13.6 Å². The van der Waals surface area contributed by atoms with Gasteiger partial charge in [-0.2, -0.15) is 0 Å². The predicted molar refractivity (Wildman–Crippen MR) is 96.4 cm³/mol. The second-order valence-electron chi connectivity index (χ2n) is 8.45. The van der Waals surface area contributed by atoms with Gasteiger partial charge in [-0.05, 0) is 74.2 Å². The molecule has 2 atom stereocenters. The fourth-order valence-electron chi connectivity index (χ4n) is 5.12. The zero-order valence-electron chi connectivity index (χ0n) is 15.3. The van der Waals surface area contributed by atoms with Crippen LogP contribution >= 0.6 is 0 Å². The quantitative estimate of drug-likeness (QED) is 0.813. The van der Waals surface area contributed by atoms with Gasteiger partial charge >= 0.3 is 0 Å². The van der Waals surface area contributed by atoms with Gasteiger partial charge in [0.2, 0.25) is 5.91 Å². The molecule has 2 aliphatic heterocycles. The van der Waals surface area contributed by atoms with E-state index in [1.54, 1.807) is 0 Å². The van der Waals surface area contributed by atoms with Crippen LogP contribution in [0.4, 0.5) is 8.78 Å². The van der Waals surface area contributed by atoms with Crippen LogP contribution < -0.4 is 0 Å². The monoisotopic (exact) mass is 362 g/mol. The van der Waals surface area contributed by atoms with E-state index in [1.165, 1.54) is 31.4 Å². The third-order valence-electron chi connectivity index (χ3n) is 6.58. The van der Waals surface area contributed by atoms with Crippen molar-refractivity contribution in [2.24, 2.45) is 17.8 Å². The van der Waals surface area contributed by atoms with Crippen molar-refractivity contribution in [3.05, 3.63) is 35.4 Å². The Morgan fingerprint density at radius 3 is 2.19 bits per heavy atom. The molecule has 3 nitrogen and oxygen atoms in total. The molecule has 0 N–H and O–H groups in total. The van der Waals surface area contributed by atoms with Crippen molar-refractivity contribution in [1.82, 2.24) is 9.80 Å². The van der Waals surface area contributed by atoms with E-state index in [0.29, 0.717) is 30.4 Å². The minimum absolute atomic E-state index is 0.338. The number of piperidine rings is 1. The summed E-state index contributed by atoms with van der Waals surface area (Å²) in [4.78, 5) is 17.0. The molecule has 3 aliphatic rings. The molecule has 2 heterocycles. The molecule has 26 heavy (non-hydrogen) atoms. The van der Waals surface area contributed by atoms with E-state index in [-0.39, 0.29) is 0 Å². The Labute approximate surface area is 154 Å². The minimum Gasteiger partial charge on any atom is -0.342 e. The Morgan fingerprint density at radius 1 is 0.962 bits per heavy atom. The summed E-state index contributed by atoms with van der Waals surface area (Å²) in [7, 11) is 0. The van der Waals surface area contributed by atoms with Crippen LogP contribution in [0.25, 0.3) is 0 Å². The van der Waals surface area contributed by atoms with Crippen LogP contribution in [-0.2, 0) is 11.3 Å². The smallest absolute Gasteiger partial charge is 0.222 e. The first-order valence-electron chi connectivity index (χ1n) is 10.0. The molecule has 142 valence electrons. The van der Waals surface area contributed by atoms with Gasteiger partial charge in [0.25, 0.3) is 0 Å². The van der Waals surface area contributed by atoms with Crippen LogP contribution in [-0.4, -0.2) is 41.9 Å². The summed E-state index contributed by atoms with van der Waals surface area (Å²) in [5, 5.41) is 0. The van der Waals surface area contributed by atoms with E-state index in [2.05, 4.69) is 9.80 Å². The van der Waals surface area contributed by atoms with Gasteiger partial charge in [0.05, 0.1) is 0 Å². The SMILES string of the molecule is O=C(CC1CCN(Cc2cc(F)cc(F)c2)CC1)N1CC2CCCC2C1. The van der Waals surface area contributed by atoms with E-state index in [4.69, 9.17) is 0 Å². The van der Waals surface area contributed by atoms with Crippen molar-refractivity contribution in [1.29, 1.82) is 0 Å². The number of likely N-dealkylation sites (tertiary alicyclic amines) is 2. The first-order chi connectivity index (χ1) is 12.6. The Hall–Kier alpha value is -1.49. The van der Waals surface area contributed by atoms with Crippen molar-refractivity contribution in [2.75, 3.05) is 26.2 Å². The molecule has 1 aromatic rings. The molecular formula is C21H28F2N2O. The van der Waals surface area contributed by atoms with Gasteiger partial charge in [-0.3, -0.25) is 9.69 Å².